The Labute approximate surface area is 159 Å². The number of benzene rings is 2. The highest BCUT2D eigenvalue weighted by Gasteiger charge is 2.30. The number of likely N-dealkylation sites (tertiary alicyclic amines) is 1. The van der Waals surface area contributed by atoms with Crippen molar-refractivity contribution in [1.29, 1.82) is 0 Å². The number of para-hydroxylation sites is 1. The van der Waals surface area contributed by atoms with Crippen LogP contribution in [-0.2, 0) is 0 Å². The Balaban J connectivity index is 1.65. The molecule has 0 unspecified atom stereocenters. The highest BCUT2D eigenvalue weighted by Crippen LogP contribution is 2.36. The van der Waals surface area contributed by atoms with Crippen molar-refractivity contribution in [3.63, 3.8) is 0 Å². The molecule has 0 spiro atoms. The molecule has 4 nitrogen and oxygen atoms in total. The molecule has 1 N–H and O–H groups in total. The van der Waals surface area contributed by atoms with Gasteiger partial charge in [0.05, 0.1) is 6.04 Å². The molecular weight excluding hydrogens is 334 g/mol. The van der Waals surface area contributed by atoms with Crippen LogP contribution in [0.2, 0.25) is 0 Å². The summed E-state index contributed by atoms with van der Waals surface area (Å²) in [7, 11) is 0. The highest BCUT2D eigenvalue weighted by molar-refractivity contribution is 5.94. The summed E-state index contributed by atoms with van der Waals surface area (Å²) in [5, 5.41) is 3.42. The first kappa shape index (κ1) is 17.3. The van der Waals surface area contributed by atoms with E-state index in [1.165, 1.54) is 0 Å². The lowest BCUT2D eigenvalue weighted by atomic mass is 9.94. The van der Waals surface area contributed by atoms with Crippen molar-refractivity contribution in [2.75, 3.05) is 11.9 Å². The van der Waals surface area contributed by atoms with E-state index in [1.807, 2.05) is 71.6 Å². The summed E-state index contributed by atoms with van der Waals surface area (Å²) in [6.07, 6.45) is 4.90. The maximum atomic E-state index is 13.1. The van der Waals surface area contributed by atoms with Gasteiger partial charge in [0.1, 0.15) is 5.82 Å². The standard InChI is InChI=1S/C23H23N3O/c27-23(18-10-3-1-4-11-18)26-17-8-7-15-21(26)20-14-9-16-24-22(20)25-19-12-5-2-6-13-19/h1-6,9-14,16,21H,7-8,15,17H2,(H,24,25)/t21-/m1/s1. The van der Waals surface area contributed by atoms with Crippen LogP contribution in [0, 0.1) is 0 Å². The molecule has 1 aliphatic heterocycles. The molecule has 0 saturated carbocycles. The largest absolute Gasteiger partial charge is 0.340 e. The molecule has 0 bridgehead atoms. The fourth-order valence-corrected chi connectivity index (χ4v) is 3.69. The van der Waals surface area contributed by atoms with E-state index in [1.54, 1.807) is 6.20 Å². The van der Waals surface area contributed by atoms with Crippen LogP contribution in [-0.4, -0.2) is 22.3 Å². The third kappa shape index (κ3) is 3.85. The first-order chi connectivity index (χ1) is 13.3. The smallest absolute Gasteiger partial charge is 0.254 e. The molecule has 1 saturated heterocycles. The van der Waals surface area contributed by atoms with Gasteiger partial charge in [-0.2, -0.15) is 0 Å². The number of amides is 1. The Morgan fingerprint density at radius 2 is 1.67 bits per heavy atom. The van der Waals surface area contributed by atoms with Gasteiger partial charge in [0.15, 0.2) is 0 Å². The first-order valence-corrected chi connectivity index (χ1v) is 9.46. The van der Waals surface area contributed by atoms with Gasteiger partial charge in [-0.1, -0.05) is 42.5 Å². The number of nitrogens with one attached hydrogen (secondary N) is 1. The molecule has 2 aromatic carbocycles. The number of aromatic nitrogens is 1. The van der Waals surface area contributed by atoms with Crippen molar-refractivity contribution in [2.45, 2.75) is 25.3 Å². The van der Waals surface area contributed by atoms with Crippen molar-refractivity contribution in [2.24, 2.45) is 0 Å². The molecule has 136 valence electrons. The maximum absolute atomic E-state index is 13.1. The van der Waals surface area contributed by atoms with E-state index in [0.717, 1.165) is 48.4 Å². The number of anilines is 2. The van der Waals surface area contributed by atoms with E-state index in [2.05, 4.69) is 16.4 Å². The van der Waals surface area contributed by atoms with Gasteiger partial charge >= 0.3 is 0 Å². The molecule has 4 rings (SSSR count). The molecule has 4 heteroatoms. The molecule has 1 fully saturated rings. The van der Waals surface area contributed by atoms with Gasteiger partial charge in [-0.05, 0) is 49.6 Å². The lowest BCUT2D eigenvalue weighted by Gasteiger charge is -2.36. The van der Waals surface area contributed by atoms with Gasteiger partial charge in [-0.3, -0.25) is 4.79 Å². The Morgan fingerprint density at radius 3 is 2.44 bits per heavy atom. The van der Waals surface area contributed by atoms with Crippen LogP contribution in [0.15, 0.2) is 79.0 Å². The number of nitrogens with zero attached hydrogens (tertiary/aromatic N) is 2. The number of carbonyl (C=O) groups is 1. The average Bonchev–Trinajstić information content (AvgIpc) is 2.75. The SMILES string of the molecule is O=C(c1ccccc1)N1CCCC[C@@H]1c1cccnc1Nc1ccccc1. The first-order valence-electron chi connectivity index (χ1n) is 9.46. The minimum atomic E-state index is 0.0337. The second-order valence-corrected chi connectivity index (χ2v) is 6.81. The lowest BCUT2D eigenvalue weighted by molar-refractivity contribution is 0.0612. The predicted molar refractivity (Wildman–Crippen MR) is 108 cm³/mol. The van der Waals surface area contributed by atoms with Crippen LogP contribution in [0.3, 0.4) is 0 Å². The van der Waals surface area contributed by atoms with Gasteiger partial charge in [0.2, 0.25) is 0 Å². The number of hydrogen-bond donors (Lipinski definition) is 1. The molecular formula is C23H23N3O. The monoisotopic (exact) mass is 357 g/mol. The van der Waals surface area contributed by atoms with E-state index in [9.17, 15) is 4.79 Å². The topological polar surface area (TPSA) is 45.2 Å². The number of rotatable bonds is 4. The van der Waals surface area contributed by atoms with E-state index in [4.69, 9.17) is 0 Å². The van der Waals surface area contributed by atoms with Crippen LogP contribution in [0.1, 0.15) is 41.2 Å². The van der Waals surface area contributed by atoms with Gasteiger partial charge in [0.25, 0.3) is 5.91 Å². The van der Waals surface area contributed by atoms with E-state index >= 15 is 0 Å². The summed E-state index contributed by atoms with van der Waals surface area (Å²) in [5.74, 6) is 0.913. The average molecular weight is 357 g/mol. The van der Waals surface area contributed by atoms with E-state index < -0.39 is 0 Å². The van der Waals surface area contributed by atoms with Crippen LogP contribution < -0.4 is 5.32 Å². The summed E-state index contributed by atoms with van der Waals surface area (Å²) in [6.45, 7) is 0.776. The maximum Gasteiger partial charge on any atom is 0.254 e. The van der Waals surface area contributed by atoms with E-state index in [0.29, 0.717) is 0 Å². The van der Waals surface area contributed by atoms with Gasteiger partial charge in [0, 0.05) is 29.6 Å². The second-order valence-electron chi connectivity index (χ2n) is 6.81. The summed E-state index contributed by atoms with van der Waals surface area (Å²) in [6, 6.07) is 23.6. The third-order valence-corrected chi connectivity index (χ3v) is 5.02. The number of pyridine rings is 1. The number of hydrogen-bond acceptors (Lipinski definition) is 3. The minimum absolute atomic E-state index is 0.0337. The summed E-state index contributed by atoms with van der Waals surface area (Å²) < 4.78 is 0. The zero-order valence-electron chi connectivity index (χ0n) is 15.2. The van der Waals surface area contributed by atoms with Crippen LogP contribution >= 0.6 is 0 Å². The van der Waals surface area contributed by atoms with Crippen molar-refractivity contribution in [1.82, 2.24) is 9.88 Å². The van der Waals surface area contributed by atoms with Crippen LogP contribution in [0.4, 0.5) is 11.5 Å². The fraction of sp³-hybridized carbons (Fsp3) is 0.217. The minimum Gasteiger partial charge on any atom is -0.340 e. The van der Waals surface area contributed by atoms with Gasteiger partial charge in [-0.15, -0.1) is 0 Å². The van der Waals surface area contributed by atoms with E-state index in [-0.39, 0.29) is 11.9 Å². The molecule has 3 aromatic rings. The number of carbonyl (C=O) groups excluding carboxylic acids is 1. The molecule has 0 radical (unpaired) electrons. The normalized spacial score (nSPS) is 16.7. The summed E-state index contributed by atoms with van der Waals surface area (Å²) in [4.78, 5) is 19.7. The van der Waals surface area contributed by atoms with Crippen LogP contribution in [0.5, 0.6) is 0 Å². The Hall–Kier alpha value is -3.14. The molecule has 1 atom stereocenters. The molecule has 1 aliphatic rings. The molecule has 2 heterocycles. The third-order valence-electron chi connectivity index (χ3n) is 5.02. The molecule has 0 aliphatic carbocycles. The quantitative estimate of drug-likeness (QED) is 0.699. The zero-order valence-corrected chi connectivity index (χ0v) is 15.2. The Morgan fingerprint density at radius 1 is 0.926 bits per heavy atom. The second kappa shape index (κ2) is 8.04. The van der Waals surface area contributed by atoms with Crippen molar-refractivity contribution in [3.05, 3.63) is 90.1 Å². The van der Waals surface area contributed by atoms with Crippen molar-refractivity contribution in [3.8, 4) is 0 Å². The lowest BCUT2D eigenvalue weighted by Crippen LogP contribution is -2.38. The van der Waals surface area contributed by atoms with Gasteiger partial charge < -0.3 is 10.2 Å². The molecule has 27 heavy (non-hydrogen) atoms. The van der Waals surface area contributed by atoms with Gasteiger partial charge in [-0.25, -0.2) is 4.98 Å². The predicted octanol–water partition coefficient (Wildman–Crippen LogP) is 5.19. The fourth-order valence-electron chi connectivity index (χ4n) is 3.69. The Kier molecular flexibility index (Phi) is 5.15. The summed E-state index contributed by atoms with van der Waals surface area (Å²) >= 11 is 0. The van der Waals surface area contributed by atoms with Crippen molar-refractivity contribution < 1.29 is 4.79 Å². The molecule has 1 aromatic heterocycles. The Bertz CT molecular complexity index is 896. The summed E-state index contributed by atoms with van der Waals surface area (Å²) in [5.41, 5.74) is 2.81. The van der Waals surface area contributed by atoms with Crippen LogP contribution in [0.25, 0.3) is 0 Å². The highest BCUT2D eigenvalue weighted by atomic mass is 16.2. The molecule has 1 amide bonds. The van der Waals surface area contributed by atoms with Crippen molar-refractivity contribution >= 4 is 17.4 Å². The number of piperidine rings is 1. The zero-order chi connectivity index (χ0) is 18.5.